The first kappa shape index (κ1) is 29.0. The summed E-state index contributed by atoms with van der Waals surface area (Å²) in [5.41, 5.74) is -2.23. The molecule has 15 heteroatoms. The average Bonchev–Trinajstić information content (AvgIpc) is 3.35. The number of benzene rings is 1. The van der Waals surface area contributed by atoms with Crippen LogP contribution < -0.4 is 15.4 Å². The number of para-hydroxylation sites is 1. The Bertz CT molecular complexity index is 1480. The molecule has 2 N–H and O–H groups in total. The highest BCUT2D eigenvalue weighted by Crippen LogP contribution is 2.38. The van der Waals surface area contributed by atoms with Crippen LogP contribution >= 0.6 is 0 Å². The molecule has 0 aliphatic carbocycles. The number of anilines is 1. The number of hydrogen-bond donors (Lipinski definition) is 2. The monoisotopic (exact) mass is 592 g/mol. The lowest BCUT2D eigenvalue weighted by Crippen LogP contribution is -2.42. The van der Waals surface area contributed by atoms with Crippen molar-refractivity contribution in [3.8, 4) is 5.88 Å². The number of aryl methyl sites for hydroxylation is 1. The van der Waals surface area contributed by atoms with Gasteiger partial charge >= 0.3 is 18.3 Å². The number of piperidine rings is 1. The Morgan fingerprint density at radius 3 is 2.48 bits per heavy atom. The molecule has 5 rings (SSSR count). The third kappa shape index (κ3) is 6.04. The zero-order valence-electron chi connectivity index (χ0n) is 22.2. The van der Waals surface area contributed by atoms with Gasteiger partial charge in [0.05, 0.1) is 12.2 Å². The highest BCUT2D eigenvalue weighted by atomic mass is 19.4. The molecular formula is C27H25F5N6O4. The van der Waals surface area contributed by atoms with Crippen molar-refractivity contribution in [1.29, 1.82) is 0 Å². The van der Waals surface area contributed by atoms with E-state index in [0.717, 1.165) is 24.3 Å². The number of rotatable bonds is 6. The summed E-state index contributed by atoms with van der Waals surface area (Å²) in [5, 5.41) is 4.84. The van der Waals surface area contributed by atoms with Crippen LogP contribution in [0.4, 0.5) is 37.2 Å². The Kier molecular flexibility index (Phi) is 7.84. The molecule has 2 fully saturated rings. The maximum atomic E-state index is 14.0. The second-order valence-electron chi connectivity index (χ2n) is 9.89. The smallest absolute Gasteiger partial charge is 0.433 e. The summed E-state index contributed by atoms with van der Waals surface area (Å²) < 4.78 is 78.7. The summed E-state index contributed by atoms with van der Waals surface area (Å²) in [6, 6.07) is 5.83. The van der Waals surface area contributed by atoms with Crippen LogP contribution in [0.2, 0.25) is 0 Å². The Morgan fingerprint density at radius 2 is 1.83 bits per heavy atom. The summed E-state index contributed by atoms with van der Waals surface area (Å²) >= 11 is 0. The van der Waals surface area contributed by atoms with Crippen molar-refractivity contribution in [2.75, 3.05) is 31.6 Å². The molecule has 2 aromatic heterocycles. The summed E-state index contributed by atoms with van der Waals surface area (Å²) in [6.45, 7) is 1.68. The van der Waals surface area contributed by atoms with Crippen LogP contribution in [-0.4, -0.2) is 58.2 Å². The van der Waals surface area contributed by atoms with Gasteiger partial charge < -0.3 is 25.0 Å². The van der Waals surface area contributed by atoms with Gasteiger partial charge in [0.15, 0.2) is 5.60 Å². The molecule has 10 nitrogen and oxygen atoms in total. The highest BCUT2D eigenvalue weighted by molar-refractivity contribution is 5.89. The van der Waals surface area contributed by atoms with Gasteiger partial charge in [0, 0.05) is 36.8 Å². The average molecular weight is 593 g/mol. The van der Waals surface area contributed by atoms with E-state index in [2.05, 4.69) is 25.6 Å². The maximum absolute atomic E-state index is 14.0. The van der Waals surface area contributed by atoms with E-state index in [-0.39, 0.29) is 38.0 Å². The Labute approximate surface area is 236 Å². The minimum Gasteiger partial charge on any atom is -0.473 e. The number of carbonyl (C=O) groups is 2. The molecule has 1 aromatic carbocycles. The fourth-order valence-corrected chi connectivity index (χ4v) is 4.93. The fraction of sp³-hybridized carbons (Fsp3) is 0.370. The third-order valence-corrected chi connectivity index (χ3v) is 7.07. The van der Waals surface area contributed by atoms with E-state index in [9.17, 15) is 31.5 Å². The third-order valence-electron chi connectivity index (χ3n) is 7.07. The number of alkyl carbamates (subject to hydrolysis) is 1. The van der Waals surface area contributed by atoms with E-state index < -0.39 is 46.9 Å². The van der Waals surface area contributed by atoms with Crippen molar-refractivity contribution in [1.82, 2.24) is 25.2 Å². The van der Waals surface area contributed by atoms with Gasteiger partial charge in [0.2, 0.25) is 5.88 Å². The number of aromatic nitrogens is 3. The zero-order chi connectivity index (χ0) is 30.1. The summed E-state index contributed by atoms with van der Waals surface area (Å²) in [7, 11) is 0. The lowest BCUT2D eigenvalue weighted by molar-refractivity contribution is -0.141. The molecule has 0 spiro atoms. The van der Waals surface area contributed by atoms with Crippen molar-refractivity contribution in [2.24, 2.45) is 0 Å². The van der Waals surface area contributed by atoms with Crippen LogP contribution in [0.5, 0.6) is 5.88 Å². The number of hydrogen-bond acceptors (Lipinski definition) is 7. The van der Waals surface area contributed by atoms with Crippen LogP contribution in [-0.2, 0) is 16.5 Å². The van der Waals surface area contributed by atoms with Crippen molar-refractivity contribution >= 4 is 17.8 Å². The van der Waals surface area contributed by atoms with Gasteiger partial charge in [0.1, 0.15) is 35.4 Å². The standard InChI is InChI=1S/C27H25F5N6O4/c1-15-33-12-17(26(13-34-25(40)42-26)14-41-21-7-3-6-20(36-21)27(30,31)32)22(35-15)16-8-10-38(11-9-16)24(39)37-23-18(28)4-2-5-19(23)29/h2-7,12,16H,8-11,13-14H2,1H3,(H,34,40)(H,37,39). The molecular weight excluding hydrogens is 567 g/mol. The number of halogens is 5. The van der Waals surface area contributed by atoms with Crippen LogP contribution in [0, 0.1) is 18.6 Å². The number of alkyl halides is 3. The second kappa shape index (κ2) is 11.4. The van der Waals surface area contributed by atoms with Gasteiger partial charge in [-0.3, -0.25) is 0 Å². The van der Waals surface area contributed by atoms with Crippen LogP contribution in [0.25, 0.3) is 0 Å². The molecule has 0 radical (unpaired) electrons. The SMILES string of the molecule is Cc1ncc(C2(COc3cccc(C(F)(F)F)n3)CNC(=O)O2)c(C2CCN(C(=O)Nc3c(F)cccc3F)CC2)n1. The van der Waals surface area contributed by atoms with Crippen LogP contribution in [0.1, 0.15) is 41.5 Å². The molecule has 1 atom stereocenters. The van der Waals surface area contributed by atoms with E-state index in [1.807, 2.05) is 0 Å². The molecule has 0 bridgehead atoms. The normalized spacial score (nSPS) is 19.3. The molecule has 3 amide bonds. The van der Waals surface area contributed by atoms with Crippen LogP contribution in [0.3, 0.4) is 0 Å². The summed E-state index contributed by atoms with van der Waals surface area (Å²) in [5.74, 6) is -1.91. The second-order valence-corrected chi connectivity index (χ2v) is 9.89. The van der Waals surface area contributed by atoms with E-state index in [1.165, 1.54) is 23.2 Å². The molecule has 1 unspecified atom stereocenters. The molecule has 2 aliphatic heterocycles. The van der Waals surface area contributed by atoms with E-state index >= 15 is 0 Å². The van der Waals surface area contributed by atoms with E-state index in [4.69, 9.17) is 9.47 Å². The topological polar surface area (TPSA) is 119 Å². The quantitative estimate of drug-likeness (QED) is 0.391. The van der Waals surface area contributed by atoms with Crippen LogP contribution in [0.15, 0.2) is 42.6 Å². The van der Waals surface area contributed by atoms with Gasteiger partial charge in [-0.15, -0.1) is 0 Å². The number of cyclic esters (lactones) is 1. The lowest BCUT2D eigenvalue weighted by Gasteiger charge is -2.35. The predicted molar refractivity (Wildman–Crippen MR) is 137 cm³/mol. The van der Waals surface area contributed by atoms with Gasteiger partial charge in [-0.25, -0.2) is 33.3 Å². The fourth-order valence-electron chi connectivity index (χ4n) is 4.93. The number of likely N-dealkylation sites (tertiary alicyclic amines) is 1. The first-order valence-corrected chi connectivity index (χ1v) is 12.9. The van der Waals surface area contributed by atoms with Crippen molar-refractivity contribution < 1.29 is 41.0 Å². The first-order chi connectivity index (χ1) is 19.9. The van der Waals surface area contributed by atoms with Gasteiger partial charge in [0.25, 0.3) is 0 Å². The number of nitrogens with zero attached hydrogens (tertiary/aromatic N) is 4. The van der Waals surface area contributed by atoms with Gasteiger partial charge in [-0.05, 0) is 38.0 Å². The predicted octanol–water partition coefficient (Wildman–Crippen LogP) is 4.90. The van der Waals surface area contributed by atoms with E-state index in [1.54, 1.807) is 6.92 Å². The summed E-state index contributed by atoms with van der Waals surface area (Å²) in [6.07, 6.45) is -3.13. The maximum Gasteiger partial charge on any atom is 0.433 e. The molecule has 42 heavy (non-hydrogen) atoms. The number of amides is 3. The minimum absolute atomic E-state index is 0.0698. The lowest BCUT2D eigenvalue weighted by atomic mass is 9.85. The Morgan fingerprint density at radius 1 is 1.14 bits per heavy atom. The largest absolute Gasteiger partial charge is 0.473 e. The number of carbonyl (C=O) groups excluding carboxylic acids is 2. The molecule has 3 aromatic rings. The number of nitrogens with one attached hydrogen (secondary N) is 2. The molecule has 2 aliphatic rings. The number of urea groups is 1. The van der Waals surface area contributed by atoms with Crippen molar-refractivity contribution in [3.63, 3.8) is 0 Å². The minimum atomic E-state index is -4.68. The first-order valence-electron chi connectivity index (χ1n) is 12.9. The van der Waals surface area contributed by atoms with Crippen molar-refractivity contribution in [2.45, 2.75) is 37.5 Å². The zero-order valence-corrected chi connectivity index (χ0v) is 22.2. The van der Waals surface area contributed by atoms with Gasteiger partial charge in [-0.1, -0.05) is 12.1 Å². The number of pyridine rings is 1. The van der Waals surface area contributed by atoms with E-state index in [0.29, 0.717) is 29.9 Å². The molecule has 0 saturated carbocycles. The molecule has 4 heterocycles. The van der Waals surface area contributed by atoms with Crippen molar-refractivity contribution in [3.05, 3.63) is 77.0 Å². The molecule has 222 valence electrons. The summed E-state index contributed by atoms with van der Waals surface area (Å²) in [4.78, 5) is 38.7. The molecule has 2 saturated heterocycles. The van der Waals surface area contributed by atoms with Gasteiger partial charge in [-0.2, -0.15) is 13.2 Å². The Balaban J connectivity index is 1.35. The number of ether oxygens (including phenoxy) is 2. The Hall–Kier alpha value is -4.56. The highest BCUT2D eigenvalue weighted by Gasteiger charge is 2.47.